The van der Waals surface area contributed by atoms with Gasteiger partial charge in [-0.1, -0.05) is 6.92 Å². The minimum absolute atomic E-state index is 0.0784. The molecule has 5 nitrogen and oxygen atoms in total. The summed E-state index contributed by atoms with van der Waals surface area (Å²) >= 11 is 0. The standard InChI is InChI=1S/C19H24O5/c1-5-12-6-13(7-15(10-22-2)18(12)20)14-8-16(11-23-3)19(21)17(9-14)24-4/h6-9,20-21H,5,10-11H2,1-4H3. The van der Waals surface area contributed by atoms with Gasteiger partial charge in [0.25, 0.3) is 0 Å². The summed E-state index contributed by atoms with van der Waals surface area (Å²) in [5.74, 6) is 0.736. The summed E-state index contributed by atoms with van der Waals surface area (Å²) in [6, 6.07) is 7.47. The molecule has 0 unspecified atom stereocenters. The maximum atomic E-state index is 10.3. The van der Waals surface area contributed by atoms with Crippen molar-refractivity contribution >= 4 is 0 Å². The third-order valence-corrected chi connectivity index (χ3v) is 3.96. The Balaban J connectivity index is 2.62. The van der Waals surface area contributed by atoms with E-state index in [9.17, 15) is 10.2 Å². The van der Waals surface area contributed by atoms with Gasteiger partial charge in [0.05, 0.1) is 20.3 Å². The molecular formula is C19H24O5. The molecule has 0 fully saturated rings. The first-order valence-electron chi connectivity index (χ1n) is 7.78. The van der Waals surface area contributed by atoms with Crippen molar-refractivity contribution < 1.29 is 24.4 Å². The van der Waals surface area contributed by atoms with Crippen molar-refractivity contribution in [2.75, 3.05) is 21.3 Å². The van der Waals surface area contributed by atoms with Gasteiger partial charge in [-0.15, -0.1) is 0 Å². The van der Waals surface area contributed by atoms with E-state index < -0.39 is 0 Å². The van der Waals surface area contributed by atoms with Crippen LogP contribution in [0.5, 0.6) is 17.2 Å². The molecule has 24 heavy (non-hydrogen) atoms. The van der Waals surface area contributed by atoms with Crippen LogP contribution in [0.2, 0.25) is 0 Å². The molecule has 0 radical (unpaired) electrons. The van der Waals surface area contributed by atoms with Gasteiger partial charge in [-0.05, 0) is 47.4 Å². The largest absolute Gasteiger partial charge is 0.507 e. The van der Waals surface area contributed by atoms with Gasteiger partial charge in [0.2, 0.25) is 0 Å². The van der Waals surface area contributed by atoms with Gasteiger partial charge in [0.1, 0.15) is 5.75 Å². The lowest BCUT2D eigenvalue weighted by molar-refractivity contribution is 0.181. The van der Waals surface area contributed by atoms with Gasteiger partial charge in [-0.3, -0.25) is 0 Å². The van der Waals surface area contributed by atoms with E-state index in [1.165, 1.54) is 7.11 Å². The molecule has 2 N–H and O–H groups in total. The SMILES string of the molecule is CCc1cc(-c2cc(COC)c(O)c(OC)c2)cc(COC)c1O. The van der Waals surface area contributed by atoms with Crippen LogP contribution >= 0.6 is 0 Å². The lowest BCUT2D eigenvalue weighted by Gasteiger charge is -2.15. The Morgan fingerprint density at radius 3 is 1.75 bits per heavy atom. The molecule has 0 saturated carbocycles. The highest BCUT2D eigenvalue weighted by atomic mass is 16.5. The van der Waals surface area contributed by atoms with Gasteiger partial charge in [-0.25, -0.2) is 0 Å². The molecular weight excluding hydrogens is 308 g/mol. The van der Waals surface area contributed by atoms with Crippen LogP contribution in [0.15, 0.2) is 24.3 Å². The first kappa shape index (κ1) is 18.1. The lowest BCUT2D eigenvalue weighted by Crippen LogP contribution is -1.96. The minimum Gasteiger partial charge on any atom is -0.507 e. The molecule has 2 aromatic carbocycles. The van der Waals surface area contributed by atoms with Crippen molar-refractivity contribution in [1.29, 1.82) is 0 Å². The second-order valence-electron chi connectivity index (χ2n) is 5.55. The second-order valence-corrected chi connectivity index (χ2v) is 5.55. The van der Waals surface area contributed by atoms with Crippen LogP contribution in [-0.2, 0) is 29.1 Å². The Morgan fingerprint density at radius 1 is 0.750 bits per heavy atom. The van der Waals surface area contributed by atoms with Gasteiger partial charge < -0.3 is 24.4 Å². The molecule has 2 aromatic rings. The van der Waals surface area contributed by atoms with E-state index in [1.807, 2.05) is 25.1 Å². The summed E-state index contributed by atoms with van der Waals surface area (Å²) in [4.78, 5) is 0. The van der Waals surface area contributed by atoms with E-state index in [-0.39, 0.29) is 18.1 Å². The van der Waals surface area contributed by atoms with Crippen molar-refractivity contribution in [2.24, 2.45) is 0 Å². The predicted molar refractivity (Wildman–Crippen MR) is 92.6 cm³/mol. The number of aryl methyl sites for hydroxylation is 1. The van der Waals surface area contributed by atoms with Crippen molar-refractivity contribution in [1.82, 2.24) is 0 Å². The number of rotatable bonds is 7. The highest BCUT2D eigenvalue weighted by Gasteiger charge is 2.15. The third-order valence-electron chi connectivity index (χ3n) is 3.96. The number of aromatic hydroxyl groups is 2. The van der Waals surface area contributed by atoms with Crippen molar-refractivity contribution in [3.63, 3.8) is 0 Å². The molecule has 0 aliphatic carbocycles. The molecule has 0 atom stereocenters. The lowest BCUT2D eigenvalue weighted by atomic mass is 9.96. The van der Waals surface area contributed by atoms with Gasteiger partial charge in [0.15, 0.2) is 11.5 Å². The zero-order chi connectivity index (χ0) is 17.7. The molecule has 0 aliphatic heterocycles. The Labute approximate surface area is 142 Å². The van der Waals surface area contributed by atoms with E-state index >= 15 is 0 Å². The molecule has 5 heteroatoms. The number of hydrogen-bond acceptors (Lipinski definition) is 5. The number of phenolic OH excluding ortho intramolecular Hbond substituents is 2. The Morgan fingerprint density at radius 2 is 1.25 bits per heavy atom. The smallest absolute Gasteiger partial charge is 0.163 e. The first-order chi connectivity index (χ1) is 11.5. The number of phenols is 2. The van der Waals surface area contributed by atoms with E-state index in [1.54, 1.807) is 20.3 Å². The third kappa shape index (κ3) is 3.63. The van der Waals surface area contributed by atoms with Crippen LogP contribution in [0, 0.1) is 0 Å². The van der Waals surface area contributed by atoms with Crippen LogP contribution in [0.4, 0.5) is 0 Å². The number of hydrogen-bond donors (Lipinski definition) is 2. The molecule has 0 aliphatic rings. The summed E-state index contributed by atoms with van der Waals surface area (Å²) in [6.45, 7) is 2.59. The van der Waals surface area contributed by atoms with E-state index in [2.05, 4.69) is 0 Å². The van der Waals surface area contributed by atoms with Crippen molar-refractivity contribution in [3.8, 4) is 28.4 Å². The zero-order valence-electron chi connectivity index (χ0n) is 14.5. The van der Waals surface area contributed by atoms with Crippen molar-refractivity contribution in [2.45, 2.75) is 26.6 Å². The summed E-state index contributed by atoms with van der Waals surface area (Å²) in [5, 5.41) is 20.5. The average Bonchev–Trinajstić information content (AvgIpc) is 2.59. The number of ether oxygens (including phenoxy) is 3. The molecule has 0 heterocycles. The first-order valence-corrected chi connectivity index (χ1v) is 7.78. The topological polar surface area (TPSA) is 68.2 Å². The van der Waals surface area contributed by atoms with Crippen LogP contribution < -0.4 is 4.74 Å². The Kier molecular flexibility index (Phi) is 6.06. The van der Waals surface area contributed by atoms with Crippen LogP contribution in [0.1, 0.15) is 23.6 Å². The normalized spacial score (nSPS) is 10.8. The summed E-state index contributed by atoms with van der Waals surface area (Å²) < 4.78 is 15.6. The summed E-state index contributed by atoms with van der Waals surface area (Å²) in [7, 11) is 4.68. The fourth-order valence-corrected chi connectivity index (χ4v) is 2.72. The second kappa shape index (κ2) is 8.04. The molecule has 130 valence electrons. The highest BCUT2D eigenvalue weighted by molar-refractivity contribution is 5.71. The fraction of sp³-hybridized carbons (Fsp3) is 0.368. The Bertz CT molecular complexity index is 648. The fourth-order valence-electron chi connectivity index (χ4n) is 2.72. The van der Waals surface area contributed by atoms with Crippen LogP contribution in [0.25, 0.3) is 11.1 Å². The molecule has 0 spiro atoms. The minimum atomic E-state index is 0.0784. The summed E-state index contributed by atoms with van der Waals surface area (Å²) in [6.07, 6.45) is 0.705. The maximum Gasteiger partial charge on any atom is 0.163 e. The zero-order valence-corrected chi connectivity index (χ0v) is 14.5. The van der Waals surface area contributed by atoms with E-state index in [0.29, 0.717) is 24.3 Å². The molecule has 0 saturated heterocycles. The molecule has 0 aromatic heterocycles. The molecule has 2 rings (SSSR count). The van der Waals surface area contributed by atoms with Crippen molar-refractivity contribution in [3.05, 3.63) is 41.0 Å². The number of benzene rings is 2. The molecule has 0 bridgehead atoms. The van der Waals surface area contributed by atoms with Crippen LogP contribution in [0.3, 0.4) is 0 Å². The van der Waals surface area contributed by atoms with E-state index in [4.69, 9.17) is 14.2 Å². The number of methoxy groups -OCH3 is 3. The van der Waals surface area contributed by atoms with E-state index in [0.717, 1.165) is 22.3 Å². The average molecular weight is 332 g/mol. The van der Waals surface area contributed by atoms with Crippen LogP contribution in [-0.4, -0.2) is 31.5 Å². The summed E-state index contributed by atoms with van der Waals surface area (Å²) in [5.41, 5.74) is 4.02. The molecule has 0 amide bonds. The van der Waals surface area contributed by atoms with Gasteiger partial charge >= 0.3 is 0 Å². The Hall–Kier alpha value is -2.24. The monoisotopic (exact) mass is 332 g/mol. The predicted octanol–water partition coefficient (Wildman–Crippen LogP) is 3.63. The maximum absolute atomic E-state index is 10.3. The highest BCUT2D eigenvalue weighted by Crippen LogP contribution is 2.38. The quantitative estimate of drug-likeness (QED) is 0.810. The van der Waals surface area contributed by atoms with Gasteiger partial charge in [0, 0.05) is 25.3 Å². The van der Waals surface area contributed by atoms with Gasteiger partial charge in [-0.2, -0.15) is 0 Å².